The van der Waals surface area contributed by atoms with Crippen LogP contribution in [0.25, 0.3) is 11.5 Å². The number of aromatic nitrogens is 2. The maximum Gasteiger partial charge on any atom is 0.308 e. The van der Waals surface area contributed by atoms with Crippen LogP contribution in [0, 0.1) is 5.92 Å². The van der Waals surface area contributed by atoms with Crippen molar-refractivity contribution in [3.63, 3.8) is 0 Å². The molecule has 2 aromatic rings. The first-order valence-corrected chi connectivity index (χ1v) is 8.00. The number of rotatable bonds is 4. The standard InChI is InChI=1S/C14H15N3O3S/c18-14(19)10-5-9-1-2-11(10)17(9)6-12-15-13(20-16-12)8-3-4-21-7-8/h3-4,7,9-11H,1-2,5-6H2,(H,18,19). The lowest BCUT2D eigenvalue weighted by Crippen LogP contribution is -2.32. The summed E-state index contributed by atoms with van der Waals surface area (Å²) in [5.41, 5.74) is 0.937. The van der Waals surface area contributed by atoms with Crippen LogP contribution in [0.4, 0.5) is 0 Å². The molecule has 0 aliphatic carbocycles. The molecule has 7 heteroatoms. The second-order valence-corrected chi connectivity index (χ2v) is 6.46. The molecule has 0 saturated carbocycles. The average Bonchev–Trinajstić information content (AvgIpc) is 3.22. The molecule has 21 heavy (non-hydrogen) atoms. The van der Waals surface area contributed by atoms with Crippen LogP contribution in [0.15, 0.2) is 21.3 Å². The van der Waals surface area contributed by atoms with Gasteiger partial charge in [0.05, 0.1) is 18.0 Å². The molecule has 1 N–H and O–H groups in total. The maximum absolute atomic E-state index is 11.3. The van der Waals surface area contributed by atoms with Gasteiger partial charge in [0.15, 0.2) is 5.82 Å². The fraction of sp³-hybridized carbons (Fsp3) is 0.500. The Bertz CT molecular complexity index is 654. The van der Waals surface area contributed by atoms with E-state index >= 15 is 0 Å². The summed E-state index contributed by atoms with van der Waals surface area (Å²) in [7, 11) is 0. The monoisotopic (exact) mass is 305 g/mol. The van der Waals surface area contributed by atoms with Crippen molar-refractivity contribution in [1.82, 2.24) is 15.0 Å². The fourth-order valence-electron chi connectivity index (χ4n) is 3.60. The molecule has 0 aromatic carbocycles. The van der Waals surface area contributed by atoms with E-state index in [4.69, 9.17) is 4.52 Å². The first-order chi connectivity index (χ1) is 10.2. The largest absolute Gasteiger partial charge is 0.481 e. The molecule has 3 atom stereocenters. The zero-order valence-electron chi connectivity index (χ0n) is 11.3. The molecule has 6 nitrogen and oxygen atoms in total. The van der Waals surface area contributed by atoms with Gasteiger partial charge >= 0.3 is 5.97 Å². The van der Waals surface area contributed by atoms with Crippen molar-refractivity contribution in [1.29, 1.82) is 0 Å². The molecule has 2 aliphatic rings. The van der Waals surface area contributed by atoms with E-state index in [-0.39, 0.29) is 12.0 Å². The van der Waals surface area contributed by atoms with Crippen molar-refractivity contribution >= 4 is 17.3 Å². The Morgan fingerprint density at radius 2 is 2.43 bits per heavy atom. The van der Waals surface area contributed by atoms with Crippen molar-refractivity contribution in [2.75, 3.05) is 0 Å². The second kappa shape index (κ2) is 4.92. The van der Waals surface area contributed by atoms with Gasteiger partial charge in [0, 0.05) is 17.5 Å². The summed E-state index contributed by atoms with van der Waals surface area (Å²) >= 11 is 1.59. The molecule has 4 heterocycles. The third kappa shape index (κ3) is 2.16. The van der Waals surface area contributed by atoms with E-state index in [0.717, 1.165) is 24.8 Å². The van der Waals surface area contributed by atoms with Crippen LogP contribution < -0.4 is 0 Å². The zero-order valence-corrected chi connectivity index (χ0v) is 12.1. The third-order valence-electron chi connectivity index (χ3n) is 4.56. The van der Waals surface area contributed by atoms with Crippen molar-refractivity contribution < 1.29 is 14.4 Å². The Morgan fingerprint density at radius 1 is 1.52 bits per heavy atom. The smallest absolute Gasteiger partial charge is 0.308 e. The number of carbonyl (C=O) groups is 1. The van der Waals surface area contributed by atoms with Gasteiger partial charge in [0.2, 0.25) is 0 Å². The number of hydrogen-bond acceptors (Lipinski definition) is 6. The summed E-state index contributed by atoms with van der Waals surface area (Å²) < 4.78 is 5.29. The molecule has 2 saturated heterocycles. The van der Waals surface area contributed by atoms with Gasteiger partial charge < -0.3 is 9.63 Å². The number of aliphatic carboxylic acids is 1. The predicted octanol–water partition coefficient (Wildman–Crippen LogP) is 2.24. The van der Waals surface area contributed by atoms with Crippen LogP contribution in [-0.2, 0) is 11.3 Å². The van der Waals surface area contributed by atoms with Crippen molar-refractivity contribution in [3.05, 3.63) is 22.7 Å². The maximum atomic E-state index is 11.3. The van der Waals surface area contributed by atoms with Gasteiger partial charge in [-0.1, -0.05) is 5.16 Å². The average molecular weight is 305 g/mol. The van der Waals surface area contributed by atoms with E-state index in [1.807, 2.05) is 16.8 Å². The topological polar surface area (TPSA) is 79.5 Å². The summed E-state index contributed by atoms with van der Waals surface area (Å²) in [5.74, 6) is 0.248. The molecule has 3 unspecified atom stereocenters. The minimum absolute atomic E-state index is 0.121. The van der Waals surface area contributed by atoms with E-state index in [1.165, 1.54) is 0 Å². The first-order valence-electron chi connectivity index (χ1n) is 7.06. The SMILES string of the molecule is O=C(O)C1CC2CCC1N2Cc1noc(-c2ccsc2)n1. The van der Waals surface area contributed by atoms with E-state index in [2.05, 4.69) is 15.0 Å². The fourth-order valence-corrected chi connectivity index (χ4v) is 4.23. The van der Waals surface area contributed by atoms with Crippen LogP contribution in [0.1, 0.15) is 25.1 Å². The minimum Gasteiger partial charge on any atom is -0.481 e. The molecule has 4 rings (SSSR count). The minimum atomic E-state index is -0.681. The van der Waals surface area contributed by atoms with Crippen molar-refractivity contribution in [2.24, 2.45) is 5.92 Å². The Morgan fingerprint density at radius 3 is 3.14 bits per heavy atom. The van der Waals surface area contributed by atoms with Gasteiger partial charge in [-0.25, -0.2) is 0 Å². The van der Waals surface area contributed by atoms with Gasteiger partial charge in [0.25, 0.3) is 5.89 Å². The zero-order chi connectivity index (χ0) is 14.4. The number of hydrogen-bond donors (Lipinski definition) is 1. The molecule has 0 spiro atoms. The van der Waals surface area contributed by atoms with Gasteiger partial charge in [0.1, 0.15) is 0 Å². The number of fused-ring (bicyclic) bond motifs is 2. The Labute approximate surface area is 125 Å². The molecule has 2 fully saturated rings. The van der Waals surface area contributed by atoms with Crippen LogP contribution >= 0.6 is 11.3 Å². The summed E-state index contributed by atoms with van der Waals surface area (Å²) in [6, 6.07) is 2.41. The molecule has 0 radical (unpaired) electrons. The number of thiophene rings is 1. The number of carboxylic acids is 1. The summed E-state index contributed by atoms with van der Waals surface area (Å²) in [6.07, 6.45) is 2.77. The molecule has 0 amide bonds. The lowest BCUT2D eigenvalue weighted by Gasteiger charge is -2.20. The second-order valence-electron chi connectivity index (χ2n) is 5.68. The Hall–Kier alpha value is -1.73. The van der Waals surface area contributed by atoms with E-state index in [0.29, 0.717) is 24.3 Å². The molecular formula is C14H15N3O3S. The van der Waals surface area contributed by atoms with Gasteiger partial charge in [-0.3, -0.25) is 9.69 Å². The molecule has 2 aliphatic heterocycles. The molecule has 2 bridgehead atoms. The van der Waals surface area contributed by atoms with Crippen LogP contribution in [0.3, 0.4) is 0 Å². The predicted molar refractivity (Wildman–Crippen MR) is 75.7 cm³/mol. The van der Waals surface area contributed by atoms with Crippen LogP contribution in [-0.4, -0.2) is 38.2 Å². The first kappa shape index (κ1) is 13.0. The quantitative estimate of drug-likeness (QED) is 0.933. The molecule has 2 aromatic heterocycles. The highest BCUT2D eigenvalue weighted by Crippen LogP contribution is 2.42. The van der Waals surface area contributed by atoms with Crippen molar-refractivity contribution in [3.8, 4) is 11.5 Å². The lowest BCUT2D eigenvalue weighted by atomic mass is 9.89. The third-order valence-corrected chi connectivity index (χ3v) is 5.24. The van der Waals surface area contributed by atoms with Crippen LogP contribution in [0.2, 0.25) is 0 Å². The van der Waals surface area contributed by atoms with E-state index in [9.17, 15) is 9.90 Å². The summed E-state index contributed by atoms with van der Waals surface area (Å²) in [5, 5.41) is 17.2. The van der Waals surface area contributed by atoms with Crippen LogP contribution in [0.5, 0.6) is 0 Å². The summed E-state index contributed by atoms with van der Waals surface area (Å²) in [4.78, 5) is 17.9. The number of nitrogens with zero attached hydrogens (tertiary/aromatic N) is 3. The van der Waals surface area contributed by atoms with Gasteiger partial charge in [-0.15, -0.1) is 0 Å². The highest BCUT2D eigenvalue weighted by Gasteiger charge is 2.49. The van der Waals surface area contributed by atoms with Crippen molar-refractivity contribution in [2.45, 2.75) is 37.9 Å². The summed E-state index contributed by atoms with van der Waals surface area (Å²) in [6.45, 7) is 0.576. The van der Waals surface area contributed by atoms with Gasteiger partial charge in [-0.2, -0.15) is 16.3 Å². The van der Waals surface area contributed by atoms with E-state index in [1.54, 1.807) is 11.3 Å². The highest BCUT2D eigenvalue weighted by molar-refractivity contribution is 7.08. The normalized spacial score (nSPS) is 28.3. The Balaban J connectivity index is 1.51. The highest BCUT2D eigenvalue weighted by atomic mass is 32.1. The van der Waals surface area contributed by atoms with E-state index < -0.39 is 5.97 Å². The Kier molecular flexibility index (Phi) is 3.04. The molecular weight excluding hydrogens is 290 g/mol. The lowest BCUT2D eigenvalue weighted by molar-refractivity contribution is -0.142. The molecule has 110 valence electrons. The van der Waals surface area contributed by atoms with Gasteiger partial charge in [-0.05, 0) is 30.7 Å². The number of carboxylic acid groups (broad SMARTS) is 1.